The second-order valence-corrected chi connectivity index (χ2v) is 16.1. The Kier molecular flexibility index (Phi) is 9.57. The fraction of sp³-hybridized carbons (Fsp3) is 0. The number of benzene rings is 5. The number of hydrogen-bond donors (Lipinski definition) is 3. The number of aromatic nitrogens is 2. The molecule has 0 aliphatic carbocycles. The van der Waals surface area contributed by atoms with Gasteiger partial charge in [-0.2, -0.15) is 0 Å². The summed E-state index contributed by atoms with van der Waals surface area (Å²) in [6, 6.07) is 29.7. The number of anilines is 2. The molecule has 16 heteroatoms. The number of rotatable bonds is 10. The Labute approximate surface area is 311 Å². The predicted octanol–water partition coefficient (Wildman–Crippen LogP) is 7.96. The molecule has 11 nitrogen and oxygen atoms in total. The molecule has 7 aromatic rings. The molecule has 0 radical (unpaired) electrons. The third kappa shape index (κ3) is 7.41. The van der Waals surface area contributed by atoms with Crippen molar-refractivity contribution < 1.29 is 26.3 Å². The Morgan fingerprint density at radius 1 is 0.792 bits per heavy atom. The minimum atomic E-state index is -4.29. The summed E-state index contributed by atoms with van der Waals surface area (Å²) in [5.74, 6) is -1.26. The van der Waals surface area contributed by atoms with Crippen LogP contribution in [0.1, 0.15) is 5.56 Å². The first kappa shape index (κ1) is 35.5. The molecule has 2 heterocycles. The molecule has 0 amide bonds. The highest BCUT2D eigenvalue weighted by atomic mass is 35.5. The number of aliphatic imine (C=N–C) groups is 1. The van der Waals surface area contributed by atoms with E-state index in [1.54, 1.807) is 53.9 Å². The topological polar surface area (TPSA) is 160 Å². The molecule has 266 valence electrons. The lowest BCUT2D eigenvalue weighted by Crippen LogP contribution is -2.21. The van der Waals surface area contributed by atoms with Crippen molar-refractivity contribution in [2.24, 2.45) is 4.99 Å². The molecular weight excluding hydrogens is 761 g/mol. The van der Waals surface area contributed by atoms with Gasteiger partial charge < -0.3 is 5.11 Å². The molecule has 2 aromatic heterocycles. The van der Waals surface area contributed by atoms with Gasteiger partial charge in [0.25, 0.3) is 25.6 Å². The summed E-state index contributed by atoms with van der Waals surface area (Å²) in [6.07, 6.45) is 1.37. The monoisotopic (exact) mass is 785 g/mol. The Morgan fingerprint density at radius 3 is 2.21 bits per heavy atom. The molecule has 0 aliphatic rings. The number of aromatic hydroxyl groups is 1. The number of sulfonamides is 2. The average Bonchev–Trinajstić information content (AvgIpc) is 3.62. The highest BCUT2D eigenvalue weighted by Gasteiger charge is 2.21. The van der Waals surface area contributed by atoms with Crippen LogP contribution in [0.3, 0.4) is 0 Å². The lowest BCUT2D eigenvalue weighted by molar-refractivity contribution is 0.436. The van der Waals surface area contributed by atoms with Crippen molar-refractivity contribution in [3.05, 3.63) is 153 Å². The zero-order valence-electron chi connectivity index (χ0n) is 27.0. The number of pyridine rings is 1. The predicted molar refractivity (Wildman–Crippen MR) is 205 cm³/mol. The number of fused-ring (bicyclic) bond motifs is 1. The molecular formula is C37H25ClFN5O6S3. The second-order valence-electron chi connectivity index (χ2n) is 11.4. The normalized spacial score (nSPS) is 12.0. The lowest BCUT2D eigenvalue weighted by atomic mass is 10.1. The van der Waals surface area contributed by atoms with Crippen molar-refractivity contribution in [1.29, 1.82) is 0 Å². The van der Waals surface area contributed by atoms with Gasteiger partial charge in [-0.3, -0.25) is 14.2 Å². The molecule has 53 heavy (non-hydrogen) atoms. The van der Waals surface area contributed by atoms with E-state index in [4.69, 9.17) is 11.6 Å². The van der Waals surface area contributed by atoms with Gasteiger partial charge in [0.15, 0.2) is 0 Å². The van der Waals surface area contributed by atoms with E-state index in [0.717, 1.165) is 10.6 Å². The van der Waals surface area contributed by atoms with E-state index in [1.165, 1.54) is 84.3 Å². The van der Waals surface area contributed by atoms with Crippen molar-refractivity contribution in [2.75, 3.05) is 9.44 Å². The maximum atomic E-state index is 14.2. The van der Waals surface area contributed by atoms with E-state index in [1.807, 2.05) is 0 Å². The molecule has 0 aliphatic heterocycles. The molecule has 0 saturated heterocycles. The van der Waals surface area contributed by atoms with E-state index in [-0.39, 0.29) is 32.1 Å². The first-order chi connectivity index (χ1) is 25.4. The molecule has 7 rings (SSSR count). The number of hydrogen-bond acceptors (Lipinski definition) is 9. The van der Waals surface area contributed by atoms with Crippen LogP contribution in [-0.4, -0.2) is 37.7 Å². The van der Waals surface area contributed by atoms with Crippen LogP contribution in [-0.2, 0) is 20.0 Å². The fourth-order valence-corrected chi connectivity index (χ4v) is 8.34. The third-order valence-corrected chi connectivity index (χ3v) is 11.7. The van der Waals surface area contributed by atoms with Gasteiger partial charge in [-0.1, -0.05) is 60.1 Å². The molecule has 0 spiro atoms. The van der Waals surface area contributed by atoms with Gasteiger partial charge in [-0.25, -0.2) is 35.8 Å². The van der Waals surface area contributed by atoms with Gasteiger partial charge in [0.1, 0.15) is 5.82 Å². The molecule has 0 fully saturated rings. The molecule has 5 aromatic carbocycles. The Hall–Kier alpha value is -5.87. The van der Waals surface area contributed by atoms with E-state index >= 15 is 0 Å². The fourth-order valence-electron chi connectivity index (χ4n) is 5.38. The highest BCUT2D eigenvalue weighted by molar-refractivity contribution is 7.93. The average molecular weight is 786 g/mol. The Morgan fingerprint density at radius 2 is 1.47 bits per heavy atom. The zero-order chi connectivity index (χ0) is 37.3. The number of nitrogens with zero attached hydrogens (tertiary/aromatic N) is 3. The first-order valence-electron chi connectivity index (χ1n) is 15.5. The number of halogens is 2. The van der Waals surface area contributed by atoms with Gasteiger partial charge in [0, 0.05) is 38.6 Å². The summed E-state index contributed by atoms with van der Waals surface area (Å²) in [4.78, 5) is 22.5. The van der Waals surface area contributed by atoms with Gasteiger partial charge in [-0.05, 0) is 72.8 Å². The molecule has 0 bridgehead atoms. The number of para-hydroxylation sites is 1. The maximum absolute atomic E-state index is 14.2. The smallest absolute Gasteiger partial charge is 0.265 e. The van der Waals surface area contributed by atoms with Crippen molar-refractivity contribution in [3.63, 3.8) is 0 Å². The summed E-state index contributed by atoms with van der Waals surface area (Å²) in [6.45, 7) is 0. The van der Waals surface area contributed by atoms with Crippen LogP contribution in [0.15, 0.2) is 146 Å². The Bertz CT molecular complexity index is 2830. The van der Waals surface area contributed by atoms with E-state index in [0.29, 0.717) is 32.5 Å². The van der Waals surface area contributed by atoms with Crippen molar-refractivity contribution in [1.82, 2.24) is 9.55 Å². The summed E-state index contributed by atoms with van der Waals surface area (Å²) in [7, 11) is -8.12. The standard InChI is InChI=1S/C37H25ClFN5O6S3/c38-24-14-18-27(19-15-24)52(47,48)42-25-16-12-23(13-17-25)34-22-51-37(41-34)40-21-31-29-8-1-2-9-30(29)35(45)44(36(31)46)26-6-5-7-28(20-26)53(49,50)43-33-11-4-3-10-32(33)39/h1-22,42-43,46H/b40-21+. The van der Waals surface area contributed by atoms with E-state index in [9.17, 15) is 31.1 Å². The molecule has 0 saturated carbocycles. The van der Waals surface area contributed by atoms with Crippen LogP contribution in [0.5, 0.6) is 5.88 Å². The summed E-state index contributed by atoms with van der Waals surface area (Å²) in [5.41, 5.74) is 0.962. The van der Waals surface area contributed by atoms with Gasteiger partial charge in [-0.15, -0.1) is 11.3 Å². The van der Waals surface area contributed by atoms with Crippen LogP contribution in [0.4, 0.5) is 20.9 Å². The van der Waals surface area contributed by atoms with Crippen molar-refractivity contribution >= 4 is 76.5 Å². The summed E-state index contributed by atoms with van der Waals surface area (Å²) < 4.78 is 71.9. The van der Waals surface area contributed by atoms with Crippen molar-refractivity contribution in [2.45, 2.75) is 9.79 Å². The third-order valence-electron chi connectivity index (χ3n) is 7.96. The second kappa shape index (κ2) is 14.3. The minimum Gasteiger partial charge on any atom is -0.494 e. The minimum absolute atomic E-state index is 0.0414. The lowest BCUT2D eigenvalue weighted by Gasteiger charge is -2.15. The van der Waals surface area contributed by atoms with Crippen molar-refractivity contribution in [3.8, 4) is 22.8 Å². The number of thiazole rings is 1. The van der Waals surface area contributed by atoms with Crippen LogP contribution < -0.4 is 15.0 Å². The zero-order valence-corrected chi connectivity index (χ0v) is 30.2. The van der Waals surface area contributed by atoms with Gasteiger partial charge in [0.2, 0.25) is 11.0 Å². The van der Waals surface area contributed by atoms with Crippen LogP contribution in [0, 0.1) is 5.82 Å². The summed E-state index contributed by atoms with van der Waals surface area (Å²) >= 11 is 7.09. The SMILES string of the molecule is O=c1c2ccccc2c(/C=N/c2nc(-c3ccc(NS(=O)(=O)c4ccc(Cl)cc4)cc3)cs2)c(O)n1-c1cccc(S(=O)(=O)Nc2ccccc2F)c1. The van der Waals surface area contributed by atoms with Crippen LogP contribution in [0.25, 0.3) is 27.7 Å². The first-order valence-corrected chi connectivity index (χ1v) is 19.7. The summed E-state index contributed by atoms with van der Waals surface area (Å²) in [5, 5.41) is 14.7. The Balaban J connectivity index is 1.17. The van der Waals surface area contributed by atoms with Gasteiger partial charge in [0.05, 0.1) is 32.4 Å². The number of nitrogens with one attached hydrogen (secondary N) is 2. The molecule has 3 N–H and O–H groups in total. The quantitative estimate of drug-likeness (QED) is 0.119. The van der Waals surface area contributed by atoms with E-state index < -0.39 is 37.3 Å². The van der Waals surface area contributed by atoms with Crippen LogP contribution in [0.2, 0.25) is 5.02 Å². The molecule has 0 unspecified atom stereocenters. The largest absolute Gasteiger partial charge is 0.494 e. The van der Waals surface area contributed by atoms with Gasteiger partial charge >= 0.3 is 0 Å². The maximum Gasteiger partial charge on any atom is 0.265 e. The highest BCUT2D eigenvalue weighted by Crippen LogP contribution is 2.31. The molecule has 0 atom stereocenters. The van der Waals surface area contributed by atoms with E-state index in [2.05, 4.69) is 19.4 Å². The van der Waals surface area contributed by atoms with Crippen LogP contribution >= 0.6 is 22.9 Å².